The van der Waals surface area contributed by atoms with Gasteiger partial charge in [0.2, 0.25) is 5.91 Å². The van der Waals surface area contributed by atoms with Gasteiger partial charge in [-0.1, -0.05) is 30.3 Å². The molecule has 2 heterocycles. The number of aryl methyl sites for hydroxylation is 1. The molecule has 0 aliphatic carbocycles. The third-order valence-electron chi connectivity index (χ3n) is 3.35. The summed E-state index contributed by atoms with van der Waals surface area (Å²) in [6.07, 6.45) is 1.89. The van der Waals surface area contributed by atoms with Gasteiger partial charge in [-0.05, 0) is 30.2 Å². The largest absolute Gasteiger partial charge is 0.305 e. The van der Waals surface area contributed by atoms with Gasteiger partial charge >= 0.3 is 0 Å². The Labute approximate surface area is 149 Å². The lowest BCUT2D eigenvalue weighted by Gasteiger charge is -2.03. The number of amides is 2. The van der Waals surface area contributed by atoms with Gasteiger partial charge in [0.05, 0.1) is 6.42 Å². The van der Waals surface area contributed by atoms with Crippen molar-refractivity contribution >= 4 is 34.1 Å². The van der Waals surface area contributed by atoms with Crippen LogP contribution < -0.4 is 10.6 Å². The Morgan fingerprint density at radius 1 is 1.12 bits per heavy atom. The molecule has 3 rings (SSSR count). The van der Waals surface area contributed by atoms with Crippen LogP contribution in [0.15, 0.2) is 54.0 Å². The van der Waals surface area contributed by atoms with Gasteiger partial charge in [0.1, 0.15) is 11.5 Å². The topological polar surface area (TPSA) is 84.0 Å². The minimum atomic E-state index is -0.363. The van der Waals surface area contributed by atoms with Crippen LogP contribution in [0, 0.1) is 6.92 Å². The molecule has 2 aromatic heterocycles. The summed E-state index contributed by atoms with van der Waals surface area (Å²) < 4.78 is 0. The fourth-order valence-corrected chi connectivity index (χ4v) is 2.87. The second-order valence-corrected chi connectivity index (χ2v) is 6.28. The average Bonchev–Trinajstić information content (AvgIpc) is 3.04. The molecule has 3 aromatic rings. The summed E-state index contributed by atoms with van der Waals surface area (Å²) in [7, 11) is 0. The van der Waals surface area contributed by atoms with Crippen LogP contribution in [0.3, 0.4) is 0 Å². The summed E-state index contributed by atoms with van der Waals surface area (Å²) in [6.45, 7) is 1.92. The zero-order valence-electron chi connectivity index (χ0n) is 13.5. The van der Waals surface area contributed by atoms with Gasteiger partial charge in [-0.15, -0.1) is 11.3 Å². The van der Waals surface area contributed by atoms with Gasteiger partial charge in [-0.3, -0.25) is 9.59 Å². The fraction of sp³-hybridized carbons (Fsp3) is 0.111. The molecule has 7 heteroatoms. The maximum atomic E-state index is 12.2. The Bertz CT molecular complexity index is 893. The summed E-state index contributed by atoms with van der Waals surface area (Å²) in [5.41, 5.74) is 2.15. The second kappa shape index (κ2) is 7.67. The van der Waals surface area contributed by atoms with Crippen LogP contribution in [-0.2, 0) is 11.2 Å². The zero-order valence-corrected chi connectivity index (χ0v) is 14.3. The van der Waals surface area contributed by atoms with Gasteiger partial charge in [0, 0.05) is 11.6 Å². The van der Waals surface area contributed by atoms with Crippen LogP contribution in [0.4, 0.5) is 10.9 Å². The van der Waals surface area contributed by atoms with E-state index in [9.17, 15) is 9.59 Å². The molecule has 0 saturated carbocycles. The van der Waals surface area contributed by atoms with E-state index in [-0.39, 0.29) is 23.9 Å². The summed E-state index contributed by atoms with van der Waals surface area (Å²) in [5, 5.41) is 7.39. The van der Waals surface area contributed by atoms with Crippen molar-refractivity contribution < 1.29 is 9.59 Å². The molecule has 0 fully saturated rings. The van der Waals surface area contributed by atoms with E-state index < -0.39 is 0 Å². The van der Waals surface area contributed by atoms with Gasteiger partial charge in [0.25, 0.3) is 5.91 Å². The quantitative estimate of drug-likeness (QED) is 0.738. The predicted molar refractivity (Wildman–Crippen MR) is 97.8 cm³/mol. The number of hydrogen-bond donors (Lipinski definition) is 2. The van der Waals surface area contributed by atoms with Crippen LogP contribution in [0.5, 0.6) is 0 Å². The van der Waals surface area contributed by atoms with Crippen LogP contribution >= 0.6 is 11.3 Å². The van der Waals surface area contributed by atoms with E-state index >= 15 is 0 Å². The standard InChI is InChI=1S/C18H16N4O2S/c1-12-7-8-19-15(9-12)21-17(24)14-11-25-18(20-14)22-16(23)10-13-5-3-2-4-6-13/h2-9,11H,10H2,1H3,(H,19,21,24)(H,20,22,23). The second-order valence-electron chi connectivity index (χ2n) is 5.42. The van der Waals surface area contributed by atoms with Crippen LogP contribution in [0.1, 0.15) is 21.6 Å². The van der Waals surface area contributed by atoms with Crippen molar-refractivity contribution in [2.45, 2.75) is 13.3 Å². The normalized spacial score (nSPS) is 10.3. The number of pyridine rings is 1. The van der Waals surface area contributed by atoms with Gasteiger partial charge < -0.3 is 10.6 Å². The van der Waals surface area contributed by atoms with Crippen molar-refractivity contribution in [3.05, 3.63) is 70.9 Å². The van der Waals surface area contributed by atoms with Crippen LogP contribution in [-0.4, -0.2) is 21.8 Å². The first-order chi connectivity index (χ1) is 12.1. The van der Waals surface area contributed by atoms with Crippen molar-refractivity contribution in [3.8, 4) is 0 Å². The third-order valence-corrected chi connectivity index (χ3v) is 4.11. The average molecular weight is 352 g/mol. The van der Waals surface area contributed by atoms with E-state index in [4.69, 9.17) is 0 Å². The molecular formula is C18H16N4O2S. The molecule has 0 bridgehead atoms. The minimum Gasteiger partial charge on any atom is -0.305 e. The zero-order chi connectivity index (χ0) is 17.6. The van der Waals surface area contributed by atoms with Gasteiger partial charge in [-0.25, -0.2) is 9.97 Å². The lowest BCUT2D eigenvalue weighted by atomic mass is 10.1. The molecular weight excluding hydrogens is 336 g/mol. The Balaban J connectivity index is 1.60. The highest BCUT2D eigenvalue weighted by atomic mass is 32.1. The molecule has 0 unspecified atom stereocenters. The lowest BCUT2D eigenvalue weighted by Crippen LogP contribution is -2.16. The number of anilines is 2. The number of nitrogens with one attached hydrogen (secondary N) is 2. The Kier molecular flexibility index (Phi) is 5.15. The number of carbonyl (C=O) groups is 2. The van der Waals surface area contributed by atoms with E-state index in [2.05, 4.69) is 20.6 Å². The lowest BCUT2D eigenvalue weighted by molar-refractivity contribution is -0.115. The van der Waals surface area contributed by atoms with E-state index in [0.717, 1.165) is 11.1 Å². The number of aromatic nitrogens is 2. The highest BCUT2D eigenvalue weighted by Crippen LogP contribution is 2.17. The molecule has 0 atom stereocenters. The molecule has 0 aliphatic rings. The number of hydrogen-bond acceptors (Lipinski definition) is 5. The smallest absolute Gasteiger partial charge is 0.276 e. The summed E-state index contributed by atoms with van der Waals surface area (Å²) in [4.78, 5) is 32.5. The van der Waals surface area contributed by atoms with E-state index in [1.165, 1.54) is 11.3 Å². The maximum absolute atomic E-state index is 12.2. The van der Waals surface area contributed by atoms with Crippen molar-refractivity contribution in [2.24, 2.45) is 0 Å². The summed E-state index contributed by atoms with van der Waals surface area (Å²) in [6, 6.07) is 13.0. The monoisotopic (exact) mass is 352 g/mol. The Morgan fingerprint density at radius 3 is 2.68 bits per heavy atom. The van der Waals surface area contributed by atoms with Crippen molar-refractivity contribution in [1.29, 1.82) is 0 Å². The molecule has 6 nitrogen and oxygen atoms in total. The molecule has 2 N–H and O–H groups in total. The molecule has 0 spiro atoms. The third kappa shape index (κ3) is 4.71. The van der Waals surface area contributed by atoms with Gasteiger partial charge in [0.15, 0.2) is 5.13 Å². The van der Waals surface area contributed by atoms with Crippen molar-refractivity contribution in [3.63, 3.8) is 0 Å². The van der Waals surface area contributed by atoms with E-state index in [1.807, 2.05) is 43.3 Å². The first-order valence-corrected chi connectivity index (χ1v) is 8.51. The fourth-order valence-electron chi connectivity index (χ4n) is 2.17. The maximum Gasteiger partial charge on any atom is 0.276 e. The van der Waals surface area contributed by atoms with Gasteiger partial charge in [-0.2, -0.15) is 0 Å². The molecule has 0 saturated heterocycles. The number of thiazole rings is 1. The van der Waals surface area contributed by atoms with E-state index in [0.29, 0.717) is 10.9 Å². The molecule has 25 heavy (non-hydrogen) atoms. The number of benzene rings is 1. The first-order valence-electron chi connectivity index (χ1n) is 7.63. The number of nitrogens with zero attached hydrogens (tertiary/aromatic N) is 2. The number of rotatable bonds is 5. The SMILES string of the molecule is Cc1ccnc(NC(=O)c2csc(NC(=O)Cc3ccccc3)n2)c1. The Hall–Kier alpha value is -3.06. The van der Waals surface area contributed by atoms with Crippen LogP contribution in [0.2, 0.25) is 0 Å². The van der Waals surface area contributed by atoms with E-state index in [1.54, 1.807) is 17.6 Å². The minimum absolute atomic E-state index is 0.173. The highest BCUT2D eigenvalue weighted by Gasteiger charge is 2.13. The first kappa shape index (κ1) is 16.8. The Morgan fingerprint density at radius 2 is 1.92 bits per heavy atom. The van der Waals surface area contributed by atoms with Crippen molar-refractivity contribution in [1.82, 2.24) is 9.97 Å². The summed E-state index contributed by atoms with van der Waals surface area (Å²) in [5.74, 6) is -0.0709. The molecule has 0 aliphatic heterocycles. The number of carbonyl (C=O) groups excluding carboxylic acids is 2. The summed E-state index contributed by atoms with van der Waals surface area (Å²) >= 11 is 1.21. The van der Waals surface area contributed by atoms with Crippen molar-refractivity contribution in [2.75, 3.05) is 10.6 Å². The molecule has 126 valence electrons. The predicted octanol–water partition coefficient (Wildman–Crippen LogP) is 3.28. The molecule has 0 radical (unpaired) electrons. The molecule has 1 aromatic carbocycles. The highest BCUT2D eigenvalue weighted by molar-refractivity contribution is 7.14. The van der Waals surface area contributed by atoms with Crippen LogP contribution in [0.25, 0.3) is 0 Å². The molecule has 2 amide bonds.